The number of ether oxygens (including phenoxy) is 2. The lowest BCUT2D eigenvalue weighted by Crippen LogP contribution is -2.47. The summed E-state index contributed by atoms with van der Waals surface area (Å²) in [5, 5.41) is 3.57. The Labute approximate surface area is 277 Å². The number of anilines is 1. The minimum atomic E-state index is -1.41. The molecule has 2 aromatic carbocycles. The number of thiophene rings is 1. The van der Waals surface area contributed by atoms with E-state index in [0.717, 1.165) is 22.5 Å². The molecule has 2 heterocycles. The molecule has 0 fully saturated rings. The molecule has 0 radical (unpaired) electrons. The maximum atomic E-state index is 13.4. The van der Waals surface area contributed by atoms with Crippen molar-refractivity contribution in [1.29, 1.82) is 0 Å². The van der Waals surface area contributed by atoms with Crippen molar-refractivity contribution in [2.24, 2.45) is 5.92 Å². The molecular formula is C30H26Cl4N2O7S. The third kappa shape index (κ3) is 6.60. The Bertz CT molecular complexity index is 1620. The van der Waals surface area contributed by atoms with E-state index in [1.807, 2.05) is 31.2 Å². The fourth-order valence-corrected chi connectivity index (χ4v) is 6.59. The SMILES string of the molecule is CCOC(=O)c1c(-c2ccc(C)cc2)csc1NC(=O)COC(=O)C(CC(C)C)N1C(=O)c2c(Cl)c(Cl)c(Cl)c(Cl)c2C1=O. The van der Waals surface area contributed by atoms with Gasteiger partial charge < -0.3 is 14.8 Å². The maximum absolute atomic E-state index is 13.4. The van der Waals surface area contributed by atoms with Crippen LogP contribution in [0.5, 0.6) is 0 Å². The summed E-state index contributed by atoms with van der Waals surface area (Å²) in [5.41, 5.74) is 1.97. The van der Waals surface area contributed by atoms with Crippen LogP contribution in [0.4, 0.5) is 5.00 Å². The summed E-state index contributed by atoms with van der Waals surface area (Å²) in [4.78, 5) is 66.5. The largest absolute Gasteiger partial charge is 0.462 e. The Morgan fingerprint density at radius 1 is 0.909 bits per heavy atom. The minimum absolute atomic E-state index is 0.0143. The Balaban J connectivity index is 1.54. The smallest absolute Gasteiger partial charge is 0.341 e. The van der Waals surface area contributed by atoms with Gasteiger partial charge in [-0.3, -0.25) is 19.3 Å². The van der Waals surface area contributed by atoms with E-state index < -0.39 is 42.3 Å². The van der Waals surface area contributed by atoms with Crippen molar-refractivity contribution in [2.75, 3.05) is 18.5 Å². The van der Waals surface area contributed by atoms with Crippen LogP contribution in [-0.2, 0) is 19.1 Å². The number of halogens is 4. The fourth-order valence-electron chi connectivity index (χ4n) is 4.60. The number of nitrogens with zero attached hydrogens (tertiary/aromatic N) is 1. The predicted octanol–water partition coefficient (Wildman–Crippen LogP) is 7.71. The number of amides is 3. The number of carbonyl (C=O) groups excluding carboxylic acids is 5. The van der Waals surface area contributed by atoms with Crippen LogP contribution in [0.25, 0.3) is 11.1 Å². The van der Waals surface area contributed by atoms with E-state index in [9.17, 15) is 24.0 Å². The van der Waals surface area contributed by atoms with Gasteiger partial charge in [0.05, 0.1) is 37.8 Å². The number of hydrogen-bond donors (Lipinski definition) is 1. The summed E-state index contributed by atoms with van der Waals surface area (Å²) in [6.07, 6.45) is 0.0143. The van der Waals surface area contributed by atoms with Gasteiger partial charge in [-0.15, -0.1) is 11.3 Å². The minimum Gasteiger partial charge on any atom is -0.462 e. The highest BCUT2D eigenvalue weighted by Gasteiger charge is 2.47. The Morgan fingerprint density at radius 2 is 1.48 bits per heavy atom. The standard InChI is InChI=1S/C30H26Cl4N2O7S/c1-5-42-30(41)19-16(15-8-6-14(4)7-9-15)12-44-26(19)35-18(37)11-43-29(40)17(10-13(2)3)36-27(38)20-21(28(36)39)23(32)25(34)24(33)22(20)31/h6-9,12-13,17H,5,10-11H2,1-4H3,(H,35,37). The van der Waals surface area contributed by atoms with E-state index in [2.05, 4.69) is 5.32 Å². The predicted molar refractivity (Wildman–Crippen MR) is 170 cm³/mol. The molecule has 0 spiro atoms. The number of esters is 2. The first kappa shape index (κ1) is 33.7. The number of carbonyl (C=O) groups is 5. The first-order valence-electron chi connectivity index (χ1n) is 13.3. The number of benzene rings is 2. The molecule has 9 nitrogen and oxygen atoms in total. The Morgan fingerprint density at radius 3 is 2.00 bits per heavy atom. The van der Waals surface area contributed by atoms with Crippen molar-refractivity contribution in [3.63, 3.8) is 0 Å². The molecule has 0 saturated carbocycles. The number of nitrogens with one attached hydrogen (secondary N) is 1. The zero-order valence-corrected chi connectivity index (χ0v) is 27.7. The number of fused-ring (bicyclic) bond motifs is 1. The Hall–Kier alpha value is -3.15. The van der Waals surface area contributed by atoms with Crippen LogP contribution < -0.4 is 5.32 Å². The van der Waals surface area contributed by atoms with E-state index in [0.29, 0.717) is 10.5 Å². The van der Waals surface area contributed by atoms with E-state index in [-0.39, 0.29) is 60.7 Å². The van der Waals surface area contributed by atoms with Gasteiger partial charge in [0.15, 0.2) is 6.61 Å². The normalized spacial score (nSPS) is 13.2. The molecule has 1 aliphatic rings. The first-order valence-corrected chi connectivity index (χ1v) is 15.7. The summed E-state index contributed by atoms with van der Waals surface area (Å²) < 4.78 is 10.5. The van der Waals surface area contributed by atoms with E-state index in [1.165, 1.54) is 0 Å². The molecule has 1 aliphatic heterocycles. The van der Waals surface area contributed by atoms with Crippen molar-refractivity contribution in [2.45, 2.75) is 40.2 Å². The average molecular weight is 700 g/mol. The molecule has 1 aromatic heterocycles. The van der Waals surface area contributed by atoms with Crippen LogP contribution in [0, 0.1) is 12.8 Å². The van der Waals surface area contributed by atoms with Gasteiger partial charge in [0.1, 0.15) is 16.6 Å². The molecule has 1 N–H and O–H groups in total. The highest BCUT2D eigenvalue weighted by atomic mass is 35.5. The zero-order chi connectivity index (χ0) is 32.5. The van der Waals surface area contributed by atoms with Gasteiger partial charge in [-0.05, 0) is 31.7 Å². The second-order valence-corrected chi connectivity index (χ2v) is 12.6. The summed E-state index contributed by atoms with van der Waals surface area (Å²) in [6, 6.07) is 6.08. The van der Waals surface area contributed by atoms with Gasteiger partial charge in [-0.1, -0.05) is 90.1 Å². The lowest BCUT2D eigenvalue weighted by atomic mass is 10.0. The zero-order valence-electron chi connectivity index (χ0n) is 23.9. The molecule has 1 atom stereocenters. The van der Waals surface area contributed by atoms with Crippen molar-refractivity contribution < 1.29 is 33.4 Å². The van der Waals surface area contributed by atoms with Gasteiger partial charge >= 0.3 is 11.9 Å². The van der Waals surface area contributed by atoms with Crippen LogP contribution >= 0.6 is 57.7 Å². The number of imide groups is 1. The molecular weight excluding hydrogens is 674 g/mol. The highest BCUT2D eigenvalue weighted by Crippen LogP contribution is 2.45. The summed E-state index contributed by atoms with van der Waals surface area (Å²) in [7, 11) is 0. The molecule has 14 heteroatoms. The van der Waals surface area contributed by atoms with Crippen molar-refractivity contribution in [1.82, 2.24) is 4.90 Å². The van der Waals surface area contributed by atoms with Gasteiger partial charge in [-0.25, -0.2) is 9.59 Å². The molecule has 3 amide bonds. The number of hydrogen-bond acceptors (Lipinski definition) is 8. The lowest BCUT2D eigenvalue weighted by Gasteiger charge is -2.25. The number of rotatable bonds is 10. The summed E-state index contributed by atoms with van der Waals surface area (Å²) in [6.45, 7) is 6.51. The van der Waals surface area contributed by atoms with Gasteiger partial charge in [0.2, 0.25) is 0 Å². The molecule has 0 saturated heterocycles. The number of aryl methyl sites for hydroxylation is 1. The van der Waals surface area contributed by atoms with Crippen molar-refractivity contribution in [3.8, 4) is 11.1 Å². The summed E-state index contributed by atoms with van der Waals surface area (Å²) in [5.74, 6) is -4.37. The van der Waals surface area contributed by atoms with Gasteiger partial charge in [-0.2, -0.15) is 0 Å². The lowest BCUT2D eigenvalue weighted by molar-refractivity contribution is -0.151. The molecule has 0 bridgehead atoms. The van der Waals surface area contributed by atoms with E-state index in [1.54, 1.807) is 26.2 Å². The molecule has 232 valence electrons. The monoisotopic (exact) mass is 698 g/mol. The maximum Gasteiger partial charge on any atom is 0.341 e. The van der Waals surface area contributed by atoms with Crippen molar-refractivity contribution >= 4 is 92.4 Å². The second kappa shape index (κ2) is 13.9. The van der Waals surface area contributed by atoms with Crippen LogP contribution in [0.3, 0.4) is 0 Å². The van der Waals surface area contributed by atoms with Gasteiger partial charge in [0, 0.05) is 10.9 Å². The molecule has 1 unspecified atom stereocenters. The van der Waals surface area contributed by atoms with Crippen LogP contribution in [0.15, 0.2) is 29.6 Å². The fraction of sp³-hybridized carbons (Fsp3) is 0.300. The van der Waals surface area contributed by atoms with Crippen LogP contribution in [0.2, 0.25) is 20.1 Å². The quantitative estimate of drug-likeness (QED) is 0.0997. The van der Waals surface area contributed by atoms with Crippen LogP contribution in [0.1, 0.15) is 63.8 Å². The van der Waals surface area contributed by atoms with Gasteiger partial charge in [0.25, 0.3) is 17.7 Å². The summed E-state index contributed by atoms with van der Waals surface area (Å²) >= 11 is 25.8. The third-order valence-corrected chi connectivity index (χ3v) is 9.34. The third-order valence-electron chi connectivity index (χ3n) is 6.64. The molecule has 3 aromatic rings. The van der Waals surface area contributed by atoms with Crippen molar-refractivity contribution in [3.05, 3.63) is 72.0 Å². The Kier molecular flexibility index (Phi) is 10.6. The second-order valence-electron chi connectivity index (χ2n) is 10.2. The highest BCUT2D eigenvalue weighted by molar-refractivity contribution is 7.15. The first-order chi connectivity index (χ1) is 20.8. The topological polar surface area (TPSA) is 119 Å². The molecule has 0 aliphatic carbocycles. The van der Waals surface area contributed by atoms with E-state index >= 15 is 0 Å². The van der Waals surface area contributed by atoms with Crippen LogP contribution in [-0.4, -0.2) is 53.8 Å². The molecule has 4 rings (SSSR count). The van der Waals surface area contributed by atoms with E-state index in [4.69, 9.17) is 55.9 Å². The average Bonchev–Trinajstić information content (AvgIpc) is 3.50. The molecule has 44 heavy (non-hydrogen) atoms.